The number of aromatic nitrogens is 2. The van der Waals surface area contributed by atoms with Gasteiger partial charge in [-0.05, 0) is 80.5 Å². The van der Waals surface area contributed by atoms with E-state index in [0.717, 1.165) is 56.9 Å². The molecule has 2 fully saturated rings. The Morgan fingerprint density at radius 3 is 2.53 bits per heavy atom. The van der Waals surface area contributed by atoms with Gasteiger partial charge >= 0.3 is 0 Å². The fraction of sp³-hybridized carbons (Fsp3) is 0.517. The van der Waals surface area contributed by atoms with Crippen molar-refractivity contribution in [2.75, 3.05) is 0 Å². The van der Waals surface area contributed by atoms with E-state index in [0.29, 0.717) is 27.6 Å². The van der Waals surface area contributed by atoms with Crippen LogP contribution in [0.1, 0.15) is 81.6 Å². The average Bonchev–Trinajstić information content (AvgIpc) is 3.22. The Kier molecular flexibility index (Phi) is 7.80. The highest BCUT2D eigenvalue weighted by Crippen LogP contribution is 2.37. The van der Waals surface area contributed by atoms with Gasteiger partial charge < -0.3 is 14.6 Å². The fourth-order valence-corrected chi connectivity index (χ4v) is 6.20. The molecular formula is C29H35ClFN3O2. The molecule has 5 rings (SSSR count). The Morgan fingerprint density at radius 2 is 1.81 bits per heavy atom. The van der Waals surface area contributed by atoms with Gasteiger partial charge in [-0.1, -0.05) is 50.1 Å². The van der Waals surface area contributed by atoms with E-state index in [2.05, 4.69) is 5.32 Å². The van der Waals surface area contributed by atoms with E-state index >= 15 is 0 Å². The van der Waals surface area contributed by atoms with Gasteiger partial charge in [0.1, 0.15) is 30.0 Å². The van der Waals surface area contributed by atoms with E-state index in [9.17, 15) is 9.18 Å². The van der Waals surface area contributed by atoms with Crippen LogP contribution < -0.4 is 10.1 Å². The number of nitrogens with one attached hydrogen (secondary N) is 1. The summed E-state index contributed by atoms with van der Waals surface area (Å²) in [6, 6.07) is 9.88. The van der Waals surface area contributed by atoms with Crippen LogP contribution in [0.2, 0.25) is 5.02 Å². The molecule has 0 saturated heterocycles. The zero-order valence-electron chi connectivity index (χ0n) is 20.9. The van der Waals surface area contributed by atoms with Crippen molar-refractivity contribution in [1.29, 1.82) is 0 Å². The van der Waals surface area contributed by atoms with Gasteiger partial charge in [0.15, 0.2) is 0 Å². The molecule has 5 nitrogen and oxygen atoms in total. The van der Waals surface area contributed by atoms with Crippen molar-refractivity contribution in [3.63, 3.8) is 0 Å². The molecule has 2 saturated carbocycles. The molecule has 1 N–H and O–H groups in total. The molecule has 3 aromatic rings. The monoisotopic (exact) mass is 511 g/mol. The summed E-state index contributed by atoms with van der Waals surface area (Å²) in [5, 5.41) is 4.02. The zero-order chi connectivity index (χ0) is 25.1. The van der Waals surface area contributed by atoms with Crippen LogP contribution in [0.25, 0.3) is 11.0 Å². The van der Waals surface area contributed by atoms with Crippen molar-refractivity contribution in [2.45, 2.75) is 89.8 Å². The normalized spacial score (nSPS) is 18.3. The zero-order valence-corrected chi connectivity index (χ0v) is 21.7. The Hall–Kier alpha value is -2.60. The van der Waals surface area contributed by atoms with E-state index in [1.807, 2.05) is 23.6 Å². The van der Waals surface area contributed by atoms with Crippen molar-refractivity contribution in [1.82, 2.24) is 14.9 Å². The molecule has 0 spiro atoms. The van der Waals surface area contributed by atoms with Crippen LogP contribution in [0, 0.1) is 18.7 Å². The number of nitrogens with zero attached hydrogens (tertiary/aromatic N) is 2. The van der Waals surface area contributed by atoms with E-state index in [4.69, 9.17) is 21.3 Å². The number of ether oxygens (including phenoxy) is 1. The molecule has 0 radical (unpaired) electrons. The van der Waals surface area contributed by atoms with Crippen LogP contribution in [-0.2, 0) is 11.4 Å². The second-order valence-corrected chi connectivity index (χ2v) is 10.9. The minimum Gasteiger partial charge on any atom is -0.485 e. The minimum absolute atomic E-state index is 0.0290. The van der Waals surface area contributed by atoms with Gasteiger partial charge in [0.25, 0.3) is 0 Å². The second-order valence-electron chi connectivity index (χ2n) is 10.4. The predicted octanol–water partition coefficient (Wildman–Crippen LogP) is 7.29. The molecule has 1 amide bonds. The summed E-state index contributed by atoms with van der Waals surface area (Å²) in [6.45, 7) is 2.13. The number of carbonyl (C=O) groups is 1. The number of fused-ring (bicyclic) bond motifs is 1. The Labute approximate surface area is 217 Å². The van der Waals surface area contributed by atoms with E-state index in [1.165, 1.54) is 25.0 Å². The smallest absolute Gasteiger partial charge is 0.243 e. The van der Waals surface area contributed by atoms with Crippen LogP contribution in [0.3, 0.4) is 0 Å². The quantitative estimate of drug-likeness (QED) is 0.362. The van der Waals surface area contributed by atoms with Crippen LogP contribution in [0.4, 0.5) is 4.39 Å². The molecule has 2 aliphatic rings. The van der Waals surface area contributed by atoms with Crippen molar-refractivity contribution in [3.8, 4) is 5.75 Å². The maximum absolute atomic E-state index is 14.5. The highest BCUT2D eigenvalue weighted by Gasteiger charge is 2.35. The molecule has 1 heterocycles. The fourth-order valence-electron chi connectivity index (χ4n) is 5.97. The standard InChI is InChI=1S/C29H35ClFN3O2/c1-19-16-21(30)12-15-26(19)36-18-27-33-24-14-13-22(31)17-25(24)34(27)28(20-8-4-2-5-9-20)29(35)32-23-10-6-3-7-11-23/h12-17,20,23,28H,2-11,18H2,1H3,(H,32,35). The minimum atomic E-state index is -0.441. The topological polar surface area (TPSA) is 56.2 Å². The third-order valence-electron chi connectivity index (χ3n) is 7.81. The maximum Gasteiger partial charge on any atom is 0.243 e. The van der Waals surface area contributed by atoms with E-state index in [1.54, 1.807) is 12.1 Å². The molecule has 0 bridgehead atoms. The first-order valence-electron chi connectivity index (χ1n) is 13.4. The lowest BCUT2D eigenvalue weighted by atomic mass is 9.83. The molecule has 7 heteroatoms. The number of hydrogen-bond acceptors (Lipinski definition) is 3. The van der Waals surface area contributed by atoms with Gasteiger partial charge in [0.2, 0.25) is 5.91 Å². The SMILES string of the molecule is Cc1cc(Cl)ccc1OCc1nc2ccc(F)cc2n1C(C(=O)NC1CCCCC1)C1CCCCC1. The number of rotatable bonds is 7. The van der Waals surface area contributed by atoms with Crippen LogP contribution >= 0.6 is 11.6 Å². The van der Waals surface area contributed by atoms with Crippen molar-refractivity contribution in [3.05, 3.63) is 58.6 Å². The molecule has 0 aliphatic heterocycles. The summed E-state index contributed by atoms with van der Waals surface area (Å²) in [5.41, 5.74) is 2.25. The first-order chi connectivity index (χ1) is 17.5. The summed E-state index contributed by atoms with van der Waals surface area (Å²) < 4.78 is 22.6. The van der Waals surface area contributed by atoms with Crippen molar-refractivity contribution in [2.24, 2.45) is 5.92 Å². The van der Waals surface area contributed by atoms with Gasteiger partial charge in [-0.25, -0.2) is 9.37 Å². The Bertz CT molecular complexity index is 1210. The van der Waals surface area contributed by atoms with Gasteiger partial charge in [-0.15, -0.1) is 0 Å². The van der Waals surface area contributed by atoms with Crippen LogP contribution in [-0.4, -0.2) is 21.5 Å². The largest absolute Gasteiger partial charge is 0.485 e. The first kappa shape index (κ1) is 25.1. The molecule has 36 heavy (non-hydrogen) atoms. The summed E-state index contributed by atoms with van der Waals surface area (Å²) in [4.78, 5) is 18.8. The Morgan fingerprint density at radius 1 is 1.08 bits per heavy atom. The van der Waals surface area contributed by atoms with Crippen molar-refractivity contribution >= 4 is 28.5 Å². The molecule has 192 valence electrons. The number of benzene rings is 2. The summed E-state index contributed by atoms with van der Waals surface area (Å²) in [5.74, 6) is 1.23. The van der Waals surface area contributed by atoms with Crippen LogP contribution in [0.15, 0.2) is 36.4 Å². The van der Waals surface area contributed by atoms with Gasteiger partial charge in [-0.3, -0.25) is 4.79 Å². The lowest BCUT2D eigenvalue weighted by molar-refractivity contribution is -0.127. The number of imidazole rings is 1. The predicted molar refractivity (Wildman–Crippen MR) is 141 cm³/mol. The first-order valence-corrected chi connectivity index (χ1v) is 13.7. The van der Waals surface area contributed by atoms with Crippen molar-refractivity contribution < 1.29 is 13.9 Å². The van der Waals surface area contributed by atoms with Crippen LogP contribution in [0.5, 0.6) is 5.75 Å². The number of carbonyl (C=O) groups excluding carboxylic acids is 1. The lowest BCUT2D eigenvalue weighted by Crippen LogP contribution is -2.44. The highest BCUT2D eigenvalue weighted by atomic mass is 35.5. The number of aryl methyl sites for hydroxylation is 1. The maximum atomic E-state index is 14.5. The number of hydrogen-bond donors (Lipinski definition) is 1. The van der Waals surface area contributed by atoms with E-state index < -0.39 is 6.04 Å². The van der Waals surface area contributed by atoms with Gasteiger partial charge in [0.05, 0.1) is 11.0 Å². The Balaban J connectivity index is 1.53. The second kappa shape index (κ2) is 11.2. The van der Waals surface area contributed by atoms with E-state index in [-0.39, 0.29) is 30.3 Å². The lowest BCUT2D eigenvalue weighted by Gasteiger charge is -2.33. The number of amides is 1. The molecule has 1 aromatic heterocycles. The summed E-state index contributed by atoms with van der Waals surface area (Å²) in [7, 11) is 0. The third kappa shape index (κ3) is 5.54. The molecule has 2 aliphatic carbocycles. The highest BCUT2D eigenvalue weighted by molar-refractivity contribution is 6.30. The number of halogens is 2. The average molecular weight is 512 g/mol. The molecule has 1 unspecified atom stereocenters. The summed E-state index contributed by atoms with van der Waals surface area (Å²) >= 11 is 6.12. The molecule has 1 atom stereocenters. The molecular weight excluding hydrogens is 477 g/mol. The summed E-state index contributed by atoms with van der Waals surface area (Å²) in [6.07, 6.45) is 10.9. The molecule has 2 aromatic carbocycles. The van der Waals surface area contributed by atoms with Gasteiger partial charge in [0, 0.05) is 11.1 Å². The third-order valence-corrected chi connectivity index (χ3v) is 8.05. The van der Waals surface area contributed by atoms with Gasteiger partial charge in [-0.2, -0.15) is 0 Å².